The number of hydrogen-bond donors (Lipinski definition) is 1. The lowest BCUT2D eigenvalue weighted by molar-refractivity contribution is 0.0948. The summed E-state index contributed by atoms with van der Waals surface area (Å²) >= 11 is 0. The van der Waals surface area contributed by atoms with Crippen LogP contribution in [0, 0.1) is 0 Å². The van der Waals surface area contributed by atoms with Gasteiger partial charge in [0.25, 0.3) is 5.91 Å². The van der Waals surface area contributed by atoms with Crippen molar-refractivity contribution in [2.75, 3.05) is 32.1 Å². The Morgan fingerprint density at radius 3 is 2.59 bits per heavy atom. The van der Waals surface area contributed by atoms with Crippen LogP contribution in [0.5, 0.6) is 5.75 Å². The third-order valence-electron chi connectivity index (χ3n) is 4.59. The van der Waals surface area contributed by atoms with Gasteiger partial charge in [-0.1, -0.05) is 12.1 Å². The summed E-state index contributed by atoms with van der Waals surface area (Å²) in [7, 11) is 3.60. The first-order chi connectivity index (χ1) is 14.2. The molecular weight excluding hydrogens is 366 g/mol. The molecule has 0 aliphatic heterocycles. The molecule has 2 aromatic heterocycles. The monoisotopic (exact) mass is 391 g/mol. The van der Waals surface area contributed by atoms with Gasteiger partial charge in [0, 0.05) is 32.5 Å². The summed E-state index contributed by atoms with van der Waals surface area (Å²) in [6.07, 6.45) is 5.17. The summed E-state index contributed by atoms with van der Waals surface area (Å²) in [4.78, 5) is 18.3. The van der Waals surface area contributed by atoms with Crippen LogP contribution in [0.3, 0.4) is 0 Å². The number of carbonyl (C=O) groups excluding carboxylic acids is 1. The summed E-state index contributed by atoms with van der Waals surface area (Å²) < 4.78 is 5.21. The number of carbonyl (C=O) groups is 1. The van der Waals surface area contributed by atoms with Gasteiger partial charge in [-0.25, -0.2) is 0 Å². The molecular formula is C22H25N5O2. The number of methoxy groups -OCH3 is 1. The van der Waals surface area contributed by atoms with Crippen molar-refractivity contribution in [3.05, 3.63) is 77.7 Å². The zero-order chi connectivity index (χ0) is 20.5. The standard InChI is InChI=1S/C22H25N5O2/c1-27(15-11-17-8-12-23-13-9-17)21-7-6-20(25-26-21)22(28)24-14-10-18-4-3-5-19(16-18)29-2/h3-9,12-13,16H,10-11,14-15H2,1-2H3,(H,24,28). The van der Waals surface area contributed by atoms with E-state index in [9.17, 15) is 4.79 Å². The van der Waals surface area contributed by atoms with Crippen LogP contribution in [0.25, 0.3) is 0 Å². The van der Waals surface area contributed by atoms with E-state index >= 15 is 0 Å². The number of benzene rings is 1. The maximum Gasteiger partial charge on any atom is 0.271 e. The molecule has 0 spiro atoms. The Morgan fingerprint density at radius 2 is 1.86 bits per heavy atom. The van der Waals surface area contributed by atoms with Crippen LogP contribution in [0.15, 0.2) is 60.9 Å². The topological polar surface area (TPSA) is 80.2 Å². The fraction of sp³-hybridized carbons (Fsp3) is 0.273. The van der Waals surface area contributed by atoms with Crippen molar-refractivity contribution in [2.24, 2.45) is 0 Å². The van der Waals surface area contributed by atoms with Gasteiger partial charge in [0.05, 0.1) is 7.11 Å². The molecule has 7 heteroatoms. The molecule has 1 aromatic carbocycles. The molecule has 7 nitrogen and oxygen atoms in total. The van der Waals surface area contributed by atoms with Crippen LogP contribution >= 0.6 is 0 Å². The van der Waals surface area contributed by atoms with Gasteiger partial charge in [0.15, 0.2) is 11.5 Å². The van der Waals surface area contributed by atoms with Crippen LogP contribution < -0.4 is 15.0 Å². The van der Waals surface area contributed by atoms with E-state index in [1.165, 1.54) is 5.56 Å². The summed E-state index contributed by atoms with van der Waals surface area (Å²) in [6.45, 7) is 1.31. The Hall–Kier alpha value is -3.48. The van der Waals surface area contributed by atoms with Crippen LogP contribution in [0.1, 0.15) is 21.6 Å². The predicted molar refractivity (Wildman–Crippen MR) is 112 cm³/mol. The molecule has 1 N–H and O–H groups in total. The van der Waals surface area contributed by atoms with Gasteiger partial charge < -0.3 is 15.0 Å². The second-order valence-corrected chi connectivity index (χ2v) is 6.66. The molecule has 0 bridgehead atoms. The van der Waals surface area contributed by atoms with Crippen molar-refractivity contribution in [1.29, 1.82) is 0 Å². The minimum absolute atomic E-state index is 0.230. The number of hydrogen-bond acceptors (Lipinski definition) is 6. The van der Waals surface area contributed by atoms with Gasteiger partial charge >= 0.3 is 0 Å². The summed E-state index contributed by atoms with van der Waals surface area (Å²) in [5, 5.41) is 11.1. The van der Waals surface area contributed by atoms with Crippen molar-refractivity contribution >= 4 is 11.7 Å². The van der Waals surface area contributed by atoms with Gasteiger partial charge in [-0.2, -0.15) is 0 Å². The van der Waals surface area contributed by atoms with E-state index in [0.717, 1.165) is 30.1 Å². The molecule has 29 heavy (non-hydrogen) atoms. The lowest BCUT2D eigenvalue weighted by Gasteiger charge is -2.17. The predicted octanol–water partition coefficient (Wildman–Crippen LogP) is 2.53. The number of amides is 1. The van der Waals surface area contributed by atoms with Gasteiger partial charge in [-0.3, -0.25) is 9.78 Å². The Labute approximate surface area is 170 Å². The second kappa shape index (κ2) is 10.2. The van der Waals surface area contributed by atoms with Gasteiger partial charge in [-0.05, 0) is 60.4 Å². The minimum atomic E-state index is -0.230. The Kier molecular flexibility index (Phi) is 7.10. The molecule has 0 radical (unpaired) electrons. The molecule has 3 rings (SSSR count). The van der Waals surface area contributed by atoms with E-state index < -0.39 is 0 Å². The van der Waals surface area contributed by atoms with Gasteiger partial charge in [0.2, 0.25) is 0 Å². The first kappa shape index (κ1) is 20.3. The molecule has 0 fully saturated rings. The number of anilines is 1. The number of likely N-dealkylation sites (N-methyl/N-ethyl adjacent to an activating group) is 1. The van der Waals surface area contributed by atoms with Crippen molar-refractivity contribution in [3.63, 3.8) is 0 Å². The third kappa shape index (κ3) is 6.00. The fourth-order valence-corrected chi connectivity index (χ4v) is 2.85. The third-order valence-corrected chi connectivity index (χ3v) is 4.59. The highest BCUT2D eigenvalue weighted by atomic mass is 16.5. The summed E-state index contributed by atoms with van der Waals surface area (Å²) in [5.74, 6) is 1.31. The molecule has 0 unspecified atom stereocenters. The average molecular weight is 391 g/mol. The first-order valence-corrected chi connectivity index (χ1v) is 9.50. The SMILES string of the molecule is COc1cccc(CCNC(=O)c2ccc(N(C)CCc3ccncc3)nn2)c1. The van der Waals surface area contributed by atoms with Gasteiger partial charge in [-0.15, -0.1) is 10.2 Å². The van der Waals surface area contributed by atoms with E-state index in [4.69, 9.17) is 4.74 Å². The highest BCUT2D eigenvalue weighted by molar-refractivity contribution is 5.92. The number of rotatable bonds is 9. The summed E-state index contributed by atoms with van der Waals surface area (Å²) in [5.41, 5.74) is 2.62. The van der Waals surface area contributed by atoms with Crippen molar-refractivity contribution in [3.8, 4) is 5.75 Å². The van der Waals surface area contributed by atoms with E-state index in [0.29, 0.717) is 18.7 Å². The molecule has 0 saturated heterocycles. The van der Waals surface area contributed by atoms with E-state index in [1.54, 1.807) is 25.6 Å². The number of pyridine rings is 1. The van der Waals surface area contributed by atoms with Crippen molar-refractivity contribution in [2.45, 2.75) is 12.8 Å². The lowest BCUT2D eigenvalue weighted by atomic mass is 10.1. The van der Waals surface area contributed by atoms with E-state index in [1.807, 2.05) is 54.4 Å². The number of aromatic nitrogens is 3. The molecule has 0 atom stereocenters. The molecule has 1 amide bonds. The molecule has 150 valence electrons. The van der Waals surface area contributed by atoms with E-state index in [-0.39, 0.29) is 5.91 Å². The zero-order valence-corrected chi connectivity index (χ0v) is 16.7. The highest BCUT2D eigenvalue weighted by Crippen LogP contribution is 2.13. The summed E-state index contributed by atoms with van der Waals surface area (Å²) in [6, 6.07) is 15.3. The Morgan fingerprint density at radius 1 is 1.03 bits per heavy atom. The maximum absolute atomic E-state index is 12.3. The average Bonchev–Trinajstić information content (AvgIpc) is 2.78. The number of nitrogens with zero attached hydrogens (tertiary/aromatic N) is 4. The first-order valence-electron chi connectivity index (χ1n) is 9.50. The van der Waals surface area contributed by atoms with Crippen LogP contribution in [0.4, 0.5) is 5.82 Å². The van der Waals surface area contributed by atoms with Crippen LogP contribution in [-0.2, 0) is 12.8 Å². The molecule has 2 heterocycles. The maximum atomic E-state index is 12.3. The van der Waals surface area contributed by atoms with Gasteiger partial charge in [0.1, 0.15) is 5.75 Å². The quantitative estimate of drug-likeness (QED) is 0.604. The van der Waals surface area contributed by atoms with Crippen LogP contribution in [-0.4, -0.2) is 48.3 Å². The molecule has 0 aliphatic carbocycles. The fourth-order valence-electron chi connectivity index (χ4n) is 2.85. The largest absolute Gasteiger partial charge is 0.497 e. The normalized spacial score (nSPS) is 10.4. The minimum Gasteiger partial charge on any atom is -0.497 e. The van der Waals surface area contributed by atoms with Crippen LogP contribution in [0.2, 0.25) is 0 Å². The Balaban J connectivity index is 1.47. The zero-order valence-electron chi connectivity index (χ0n) is 16.7. The Bertz CT molecular complexity index is 916. The number of ether oxygens (including phenoxy) is 1. The highest BCUT2D eigenvalue weighted by Gasteiger charge is 2.10. The van der Waals surface area contributed by atoms with Crippen molar-refractivity contribution < 1.29 is 9.53 Å². The number of nitrogens with one attached hydrogen (secondary N) is 1. The van der Waals surface area contributed by atoms with E-state index in [2.05, 4.69) is 20.5 Å². The molecule has 3 aromatic rings. The molecule has 0 saturated carbocycles. The smallest absolute Gasteiger partial charge is 0.271 e. The van der Waals surface area contributed by atoms with Crippen molar-refractivity contribution in [1.82, 2.24) is 20.5 Å². The second-order valence-electron chi connectivity index (χ2n) is 6.66. The lowest BCUT2D eigenvalue weighted by Crippen LogP contribution is -2.27. The molecule has 0 aliphatic rings.